The van der Waals surface area contributed by atoms with E-state index in [1.807, 2.05) is 0 Å². The molecule has 120 valence electrons. The Labute approximate surface area is 111 Å². The number of phenolic OH excluding ortho intramolecular Hbond substituents is 1. The smallest absolute Gasteiger partial charge is 0.416 e. The highest BCUT2D eigenvalue weighted by atomic mass is 19.4. The number of nitrogen functional groups attached to an aromatic ring is 1. The normalized spacial score (nSPS) is 13.8. The summed E-state index contributed by atoms with van der Waals surface area (Å²) in [6.07, 6.45) is -17.6. The van der Waals surface area contributed by atoms with Gasteiger partial charge in [-0.25, -0.2) is 0 Å². The largest absolute Gasteiger partial charge is 0.506 e. The van der Waals surface area contributed by atoms with Crippen molar-refractivity contribution in [3.8, 4) is 5.75 Å². The number of anilines is 1. The lowest BCUT2D eigenvalue weighted by Gasteiger charge is -2.26. The van der Waals surface area contributed by atoms with Crippen molar-refractivity contribution in [1.82, 2.24) is 0 Å². The minimum absolute atomic E-state index is 0.177. The Morgan fingerprint density at radius 2 is 1.29 bits per heavy atom. The molecular weight excluding hydrogens is 321 g/mol. The Hall–Kier alpha value is -1.81. The molecule has 0 bridgehead atoms. The van der Waals surface area contributed by atoms with Gasteiger partial charge in [0, 0.05) is 0 Å². The molecule has 0 atom stereocenters. The first-order valence-electron chi connectivity index (χ1n) is 4.98. The summed E-state index contributed by atoms with van der Waals surface area (Å²) >= 11 is 0. The molecule has 0 saturated heterocycles. The molecule has 3 N–H and O–H groups in total. The van der Waals surface area contributed by atoms with E-state index in [1.165, 1.54) is 0 Å². The van der Waals surface area contributed by atoms with Crippen LogP contribution in [0, 0.1) is 0 Å². The second-order valence-corrected chi connectivity index (χ2v) is 4.01. The molecule has 0 radical (unpaired) electrons. The van der Waals surface area contributed by atoms with Gasteiger partial charge in [0.15, 0.2) is 5.92 Å². The molecular formula is C10H6F9NO. The highest BCUT2D eigenvalue weighted by Gasteiger charge is 2.59. The highest BCUT2D eigenvalue weighted by Crippen LogP contribution is 2.51. The average Bonchev–Trinajstić information content (AvgIpc) is 2.16. The first kappa shape index (κ1) is 17.2. The number of hydrogen-bond acceptors (Lipinski definition) is 2. The van der Waals surface area contributed by atoms with Gasteiger partial charge in [-0.1, -0.05) is 0 Å². The molecule has 0 aliphatic rings. The van der Waals surface area contributed by atoms with Gasteiger partial charge in [0.05, 0.1) is 11.3 Å². The second kappa shape index (κ2) is 4.88. The van der Waals surface area contributed by atoms with Crippen molar-refractivity contribution in [1.29, 1.82) is 0 Å². The molecule has 0 aromatic heterocycles. The zero-order valence-corrected chi connectivity index (χ0v) is 9.66. The van der Waals surface area contributed by atoms with Crippen LogP contribution in [0.1, 0.15) is 17.0 Å². The number of aromatic hydroxyl groups is 1. The molecule has 11 heteroatoms. The third-order valence-corrected chi connectivity index (χ3v) is 2.47. The third-order valence-electron chi connectivity index (χ3n) is 2.47. The highest BCUT2D eigenvalue weighted by molar-refractivity contribution is 5.58. The minimum atomic E-state index is -6.01. The van der Waals surface area contributed by atoms with Gasteiger partial charge in [-0.05, 0) is 17.7 Å². The Morgan fingerprint density at radius 3 is 1.62 bits per heavy atom. The number of hydrogen-bond donors (Lipinski definition) is 2. The van der Waals surface area contributed by atoms with E-state index in [-0.39, 0.29) is 12.1 Å². The van der Waals surface area contributed by atoms with Gasteiger partial charge in [-0.2, -0.15) is 39.5 Å². The summed E-state index contributed by atoms with van der Waals surface area (Å²) in [5.74, 6) is -5.64. The van der Waals surface area contributed by atoms with E-state index in [2.05, 4.69) is 0 Å². The fourth-order valence-corrected chi connectivity index (χ4v) is 1.65. The maximum Gasteiger partial charge on any atom is 0.416 e. The summed E-state index contributed by atoms with van der Waals surface area (Å²) in [4.78, 5) is 0. The fourth-order valence-electron chi connectivity index (χ4n) is 1.65. The molecule has 0 heterocycles. The van der Waals surface area contributed by atoms with Crippen LogP contribution < -0.4 is 5.73 Å². The minimum Gasteiger partial charge on any atom is -0.506 e. The summed E-state index contributed by atoms with van der Waals surface area (Å²) in [6, 6.07) is -0.445. The molecule has 1 aromatic carbocycles. The van der Waals surface area contributed by atoms with Gasteiger partial charge < -0.3 is 10.8 Å². The third kappa shape index (κ3) is 3.64. The van der Waals surface area contributed by atoms with Crippen molar-refractivity contribution in [3.05, 3.63) is 23.3 Å². The predicted octanol–water partition coefficient (Wildman–Crippen LogP) is 4.20. The zero-order valence-electron chi connectivity index (χ0n) is 9.66. The summed E-state index contributed by atoms with van der Waals surface area (Å²) < 4.78 is 113. The van der Waals surface area contributed by atoms with E-state index in [1.54, 1.807) is 0 Å². The molecule has 0 amide bonds. The van der Waals surface area contributed by atoms with Crippen LogP contribution in [-0.4, -0.2) is 17.5 Å². The lowest BCUT2D eigenvalue weighted by Crippen LogP contribution is -2.35. The molecule has 0 aliphatic carbocycles. The Bertz CT molecular complexity index is 515. The van der Waals surface area contributed by atoms with E-state index in [0.29, 0.717) is 0 Å². The molecule has 0 spiro atoms. The molecule has 1 rings (SSSR count). The van der Waals surface area contributed by atoms with Gasteiger partial charge in [0.2, 0.25) is 0 Å². The molecule has 21 heavy (non-hydrogen) atoms. The van der Waals surface area contributed by atoms with Crippen molar-refractivity contribution in [2.24, 2.45) is 0 Å². The Balaban J connectivity index is 3.70. The van der Waals surface area contributed by atoms with Gasteiger partial charge in [0.1, 0.15) is 5.75 Å². The molecule has 0 aliphatic heterocycles. The number of phenols is 1. The molecule has 1 aromatic rings. The summed E-state index contributed by atoms with van der Waals surface area (Å²) in [5.41, 5.74) is -0.495. The topological polar surface area (TPSA) is 46.2 Å². The van der Waals surface area contributed by atoms with Crippen LogP contribution in [0.15, 0.2) is 12.1 Å². The monoisotopic (exact) mass is 327 g/mol. The first-order chi connectivity index (χ1) is 9.15. The zero-order chi connectivity index (χ0) is 16.8. The van der Waals surface area contributed by atoms with Gasteiger partial charge in [-0.15, -0.1) is 0 Å². The maximum absolute atomic E-state index is 12.6. The van der Waals surface area contributed by atoms with Gasteiger partial charge in [0.25, 0.3) is 0 Å². The van der Waals surface area contributed by atoms with Crippen molar-refractivity contribution in [2.45, 2.75) is 24.4 Å². The van der Waals surface area contributed by atoms with Crippen molar-refractivity contribution in [2.75, 3.05) is 5.73 Å². The molecule has 0 fully saturated rings. The quantitative estimate of drug-likeness (QED) is 0.461. The number of benzene rings is 1. The van der Waals surface area contributed by atoms with Gasteiger partial charge >= 0.3 is 18.5 Å². The van der Waals surface area contributed by atoms with Crippen LogP contribution in [-0.2, 0) is 6.18 Å². The lowest BCUT2D eigenvalue weighted by atomic mass is 9.91. The van der Waals surface area contributed by atoms with E-state index in [4.69, 9.17) is 10.8 Å². The summed E-state index contributed by atoms with van der Waals surface area (Å²) in [5, 5.41) is 8.99. The van der Waals surface area contributed by atoms with E-state index >= 15 is 0 Å². The van der Waals surface area contributed by atoms with Crippen LogP contribution in [0.4, 0.5) is 45.2 Å². The van der Waals surface area contributed by atoms with Crippen LogP contribution >= 0.6 is 0 Å². The van der Waals surface area contributed by atoms with E-state index < -0.39 is 47.0 Å². The predicted molar refractivity (Wildman–Crippen MR) is 52.4 cm³/mol. The fraction of sp³-hybridized carbons (Fsp3) is 0.400. The van der Waals surface area contributed by atoms with Gasteiger partial charge in [-0.3, -0.25) is 0 Å². The SMILES string of the molecule is Nc1cc(C(C(F)(F)F)C(F)(F)F)c(C(F)(F)F)cc1O. The van der Waals surface area contributed by atoms with E-state index in [0.717, 1.165) is 0 Å². The molecule has 0 saturated carbocycles. The Kier molecular flexibility index (Phi) is 4.01. The van der Waals surface area contributed by atoms with Crippen molar-refractivity contribution >= 4 is 5.69 Å². The maximum atomic E-state index is 12.6. The van der Waals surface area contributed by atoms with E-state index in [9.17, 15) is 39.5 Å². The second-order valence-electron chi connectivity index (χ2n) is 4.01. The molecule has 0 unspecified atom stereocenters. The number of nitrogens with two attached hydrogens (primary N) is 1. The lowest BCUT2D eigenvalue weighted by molar-refractivity contribution is -0.254. The van der Waals surface area contributed by atoms with Crippen LogP contribution in [0.2, 0.25) is 0 Å². The molecule has 2 nitrogen and oxygen atoms in total. The van der Waals surface area contributed by atoms with Crippen LogP contribution in [0.25, 0.3) is 0 Å². The number of rotatable bonds is 1. The average molecular weight is 327 g/mol. The number of halogens is 9. The summed E-state index contributed by atoms with van der Waals surface area (Å²) in [6.45, 7) is 0. The Morgan fingerprint density at radius 1 is 0.857 bits per heavy atom. The van der Waals surface area contributed by atoms with Crippen molar-refractivity contribution < 1.29 is 44.6 Å². The summed E-state index contributed by atoms with van der Waals surface area (Å²) in [7, 11) is 0. The number of alkyl halides is 9. The van der Waals surface area contributed by atoms with Crippen LogP contribution in [0.3, 0.4) is 0 Å². The van der Waals surface area contributed by atoms with Crippen molar-refractivity contribution in [3.63, 3.8) is 0 Å². The standard InChI is InChI=1S/C10H6F9NO/c11-8(12,13)4-2-6(21)5(20)1-3(4)7(9(14,15)16)10(17,18)19/h1-2,7,21H,20H2. The van der Waals surface area contributed by atoms with Crippen LogP contribution in [0.5, 0.6) is 5.75 Å². The first-order valence-corrected chi connectivity index (χ1v) is 4.98.